The van der Waals surface area contributed by atoms with Gasteiger partial charge in [-0.3, -0.25) is 0 Å². The van der Waals surface area contributed by atoms with Gasteiger partial charge in [-0.15, -0.1) is 0 Å². The fraction of sp³-hybridized carbons (Fsp3) is 0.889. The summed E-state index contributed by atoms with van der Waals surface area (Å²) in [5.41, 5.74) is 0. The van der Waals surface area contributed by atoms with Gasteiger partial charge in [0.2, 0.25) is 0 Å². The van der Waals surface area contributed by atoms with Crippen LogP contribution < -0.4 is 5.32 Å². The van der Waals surface area contributed by atoms with Crippen molar-refractivity contribution in [3.05, 3.63) is 0 Å². The van der Waals surface area contributed by atoms with E-state index >= 15 is 0 Å². The second kappa shape index (κ2) is 4.46. The molecular weight excluding hydrogens is 168 g/mol. The van der Waals surface area contributed by atoms with Gasteiger partial charge in [-0.05, 0) is 19.3 Å². The van der Waals surface area contributed by atoms with E-state index in [2.05, 4.69) is 12.2 Å². The van der Waals surface area contributed by atoms with Crippen LogP contribution in [0.3, 0.4) is 0 Å². The van der Waals surface area contributed by atoms with Crippen LogP contribution in [0, 0.1) is 5.92 Å². The molecular formula is C9H18N2O2. The lowest BCUT2D eigenvalue weighted by atomic mass is 10.1. The minimum atomic E-state index is -0.000880. The molecule has 1 rings (SSSR count). The van der Waals surface area contributed by atoms with Gasteiger partial charge in [0.1, 0.15) is 0 Å². The van der Waals surface area contributed by atoms with Crippen LogP contribution in [0.2, 0.25) is 0 Å². The third-order valence-corrected chi connectivity index (χ3v) is 2.45. The zero-order chi connectivity index (χ0) is 9.84. The third-order valence-electron chi connectivity index (χ3n) is 2.45. The number of rotatable bonds is 3. The van der Waals surface area contributed by atoms with E-state index in [-0.39, 0.29) is 18.7 Å². The van der Waals surface area contributed by atoms with Crippen molar-refractivity contribution >= 4 is 6.03 Å². The molecule has 1 heterocycles. The zero-order valence-corrected chi connectivity index (χ0v) is 8.29. The van der Waals surface area contributed by atoms with Gasteiger partial charge in [0.05, 0.1) is 0 Å². The van der Waals surface area contributed by atoms with Gasteiger partial charge in [0.25, 0.3) is 0 Å². The molecule has 1 aliphatic heterocycles. The summed E-state index contributed by atoms with van der Waals surface area (Å²) in [5.74, 6) is 0.499. The fourth-order valence-corrected chi connectivity index (χ4v) is 1.57. The molecule has 0 spiro atoms. The largest absolute Gasteiger partial charge is 0.396 e. The molecule has 0 aromatic heterocycles. The highest BCUT2D eigenvalue weighted by atomic mass is 16.3. The first-order chi connectivity index (χ1) is 6.15. The van der Waals surface area contributed by atoms with Crippen molar-refractivity contribution < 1.29 is 9.90 Å². The number of hydrogen-bond acceptors (Lipinski definition) is 2. The van der Waals surface area contributed by atoms with Crippen LogP contribution in [-0.2, 0) is 0 Å². The first kappa shape index (κ1) is 10.3. The van der Waals surface area contributed by atoms with Crippen molar-refractivity contribution in [3.63, 3.8) is 0 Å². The summed E-state index contributed by atoms with van der Waals surface area (Å²) >= 11 is 0. The molecule has 0 saturated carbocycles. The summed E-state index contributed by atoms with van der Waals surface area (Å²) in [6.07, 6.45) is 0.653. The molecule has 0 aliphatic carbocycles. The maximum atomic E-state index is 11.4. The lowest BCUT2D eigenvalue weighted by Gasteiger charge is -2.35. The van der Waals surface area contributed by atoms with E-state index in [1.165, 1.54) is 0 Å². The summed E-state index contributed by atoms with van der Waals surface area (Å²) in [7, 11) is 0. The van der Waals surface area contributed by atoms with Crippen LogP contribution in [0.1, 0.15) is 20.3 Å². The first-order valence-corrected chi connectivity index (χ1v) is 4.80. The summed E-state index contributed by atoms with van der Waals surface area (Å²) in [4.78, 5) is 13.2. The van der Waals surface area contributed by atoms with Crippen molar-refractivity contribution in [2.24, 2.45) is 5.92 Å². The number of amides is 2. The lowest BCUT2D eigenvalue weighted by molar-refractivity contribution is 0.135. The van der Waals surface area contributed by atoms with Crippen molar-refractivity contribution in [2.75, 3.05) is 19.7 Å². The molecule has 0 radical (unpaired) electrons. The van der Waals surface area contributed by atoms with Gasteiger partial charge in [-0.2, -0.15) is 0 Å². The Labute approximate surface area is 78.9 Å². The molecule has 4 heteroatoms. The Morgan fingerprint density at radius 1 is 1.77 bits per heavy atom. The minimum Gasteiger partial charge on any atom is -0.396 e. The van der Waals surface area contributed by atoms with Gasteiger partial charge in [0, 0.05) is 25.7 Å². The Morgan fingerprint density at radius 2 is 2.46 bits per heavy atom. The number of aliphatic hydroxyl groups excluding tert-OH is 1. The highest BCUT2D eigenvalue weighted by molar-refractivity contribution is 5.75. The first-order valence-electron chi connectivity index (χ1n) is 4.80. The van der Waals surface area contributed by atoms with Gasteiger partial charge in [-0.25, -0.2) is 4.79 Å². The Morgan fingerprint density at radius 3 is 3.08 bits per heavy atom. The standard InChI is InChI=1S/C9H18N2O2/c1-7-5-10-9(13)11(6-7)8(2)3-4-12/h7-8,12H,3-6H2,1-2H3,(H,10,13). The van der Waals surface area contributed by atoms with E-state index in [0.29, 0.717) is 12.3 Å². The predicted octanol–water partition coefficient (Wildman–Crippen LogP) is 0.419. The van der Waals surface area contributed by atoms with E-state index < -0.39 is 0 Å². The molecule has 2 amide bonds. The van der Waals surface area contributed by atoms with Crippen LogP contribution >= 0.6 is 0 Å². The average Bonchev–Trinajstić information content (AvgIpc) is 2.09. The minimum absolute atomic E-state index is 0.000880. The van der Waals surface area contributed by atoms with Crippen LogP contribution in [0.15, 0.2) is 0 Å². The van der Waals surface area contributed by atoms with Crippen molar-refractivity contribution in [2.45, 2.75) is 26.3 Å². The molecule has 0 aromatic rings. The third kappa shape index (κ3) is 2.59. The number of carbonyl (C=O) groups excluding carboxylic acids is 1. The Kier molecular flexibility index (Phi) is 3.54. The van der Waals surface area contributed by atoms with E-state index in [1.807, 2.05) is 6.92 Å². The quantitative estimate of drug-likeness (QED) is 0.671. The molecule has 2 atom stereocenters. The molecule has 1 saturated heterocycles. The second-order valence-electron chi connectivity index (χ2n) is 3.80. The summed E-state index contributed by atoms with van der Waals surface area (Å²) in [5, 5.41) is 11.6. The summed E-state index contributed by atoms with van der Waals surface area (Å²) in [6.45, 7) is 5.78. The summed E-state index contributed by atoms with van der Waals surface area (Å²) < 4.78 is 0. The zero-order valence-electron chi connectivity index (χ0n) is 8.29. The number of nitrogens with zero attached hydrogens (tertiary/aromatic N) is 1. The van der Waals surface area contributed by atoms with Gasteiger partial charge >= 0.3 is 6.03 Å². The number of urea groups is 1. The molecule has 2 N–H and O–H groups in total. The number of nitrogens with one attached hydrogen (secondary N) is 1. The normalized spacial score (nSPS) is 25.6. The van der Waals surface area contributed by atoms with Gasteiger partial charge < -0.3 is 15.3 Å². The maximum absolute atomic E-state index is 11.4. The highest BCUT2D eigenvalue weighted by Crippen LogP contribution is 2.11. The van der Waals surface area contributed by atoms with Crippen LogP contribution in [0.4, 0.5) is 4.79 Å². The van der Waals surface area contributed by atoms with E-state index in [9.17, 15) is 4.79 Å². The molecule has 13 heavy (non-hydrogen) atoms. The maximum Gasteiger partial charge on any atom is 0.317 e. The number of aliphatic hydroxyl groups is 1. The Bertz CT molecular complexity index is 184. The Balaban J connectivity index is 2.49. The van der Waals surface area contributed by atoms with E-state index in [0.717, 1.165) is 13.1 Å². The molecule has 0 aromatic carbocycles. The predicted molar refractivity (Wildman–Crippen MR) is 50.4 cm³/mol. The molecule has 1 fully saturated rings. The van der Waals surface area contributed by atoms with Crippen LogP contribution in [-0.4, -0.2) is 41.8 Å². The summed E-state index contributed by atoms with van der Waals surface area (Å²) in [6, 6.07) is 0.131. The van der Waals surface area contributed by atoms with Gasteiger partial charge in [0.15, 0.2) is 0 Å². The smallest absolute Gasteiger partial charge is 0.317 e. The highest BCUT2D eigenvalue weighted by Gasteiger charge is 2.25. The number of hydrogen-bond donors (Lipinski definition) is 2. The molecule has 76 valence electrons. The molecule has 1 aliphatic rings. The average molecular weight is 186 g/mol. The monoisotopic (exact) mass is 186 g/mol. The molecule has 4 nitrogen and oxygen atoms in total. The van der Waals surface area contributed by atoms with Crippen molar-refractivity contribution in [1.29, 1.82) is 0 Å². The Hall–Kier alpha value is -0.770. The van der Waals surface area contributed by atoms with E-state index in [4.69, 9.17) is 5.11 Å². The topological polar surface area (TPSA) is 52.6 Å². The van der Waals surface area contributed by atoms with Crippen LogP contribution in [0.5, 0.6) is 0 Å². The van der Waals surface area contributed by atoms with Crippen molar-refractivity contribution in [1.82, 2.24) is 10.2 Å². The fourth-order valence-electron chi connectivity index (χ4n) is 1.57. The SMILES string of the molecule is CC1CNC(=O)N(C(C)CCO)C1. The van der Waals surface area contributed by atoms with Crippen molar-refractivity contribution in [3.8, 4) is 0 Å². The van der Waals surface area contributed by atoms with Gasteiger partial charge in [-0.1, -0.05) is 6.92 Å². The number of carbonyl (C=O) groups is 1. The van der Waals surface area contributed by atoms with E-state index in [1.54, 1.807) is 4.90 Å². The van der Waals surface area contributed by atoms with Crippen LogP contribution in [0.25, 0.3) is 0 Å². The molecule has 2 unspecified atom stereocenters. The molecule has 0 bridgehead atoms. The lowest BCUT2D eigenvalue weighted by Crippen LogP contribution is -2.53. The second-order valence-corrected chi connectivity index (χ2v) is 3.80.